The van der Waals surface area contributed by atoms with E-state index in [9.17, 15) is 9.18 Å². The standard InChI is InChI=1S/C12H7BrClFN2O2/c13-8-5-7(15)1-2-9(8)16-11-4-6(12(18)19)3-10(14)17-11/h1-5H,(H,16,17)(H,18,19). The zero-order valence-corrected chi connectivity index (χ0v) is 11.7. The first-order chi connectivity index (χ1) is 8.95. The fraction of sp³-hybridized carbons (Fsp3) is 0. The molecule has 98 valence electrons. The summed E-state index contributed by atoms with van der Waals surface area (Å²) in [6, 6.07) is 6.64. The third kappa shape index (κ3) is 3.42. The van der Waals surface area contributed by atoms with Crippen LogP contribution in [0, 0.1) is 5.82 Å². The molecule has 0 saturated carbocycles. The van der Waals surface area contributed by atoms with E-state index in [-0.39, 0.29) is 22.4 Å². The SMILES string of the molecule is O=C(O)c1cc(Cl)nc(Nc2ccc(F)cc2Br)c1. The summed E-state index contributed by atoms with van der Waals surface area (Å²) in [5, 5.41) is 11.8. The second-order valence-electron chi connectivity index (χ2n) is 3.62. The Morgan fingerprint density at radius 3 is 2.74 bits per heavy atom. The van der Waals surface area contributed by atoms with E-state index in [0.29, 0.717) is 10.2 Å². The molecule has 0 spiro atoms. The highest BCUT2D eigenvalue weighted by molar-refractivity contribution is 9.10. The van der Waals surface area contributed by atoms with Gasteiger partial charge in [-0.2, -0.15) is 0 Å². The maximum Gasteiger partial charge on any atom is 0.335 e. The molecule has 0 bridgehead atoms. The number of anilines is 2. The number of halogens is 3. The lowest BCUT2D eigenvalue weighted by Gasteiger charge is -2.09. The number of aromatic carboxylic acids is 1. The zero-order chi connectivity index (χ0) is 14.0. The van der Waals surface area contributed by atoms with Crippen molar-refractivity contribution in [1.29, 1.82) is 0 Å². The van der Waals surface area contributed by atoms with Crippen LogP contribution in [0.15, 0.2) is 34.8 Å². The van der Waals surface area contributed by atoms with E-state index in [1.807, 2.05) is 0 Å². The predicted molar refractivity (Wildman–Crippen MR) is 73.6 cm³/mol. The van der Waals surface area contributed by atoms with Crippen LogP contribution in [0.2, 0.25) is 5.15 Å². The Hall–Kier alpha value is -1.66. The summed E-state index contributed by atoms with van der Waals surface area (Å²) >= 11 is 8.93. The number of benzene rings is 1. The van der Waals surface area contributed by atoms with Crippen molar-refractivity contribution in [3.63, 3.8) is 0 Å². The van der Waals surface area contributed by atoms with Crippen molar-refractivity contribution in [2.75, 3.05) is 5.32 Å². The third-order valence-corrected chi connectivity index (χ3v) is 3.08. The van der Waals surface area contributed by atoms with Gasteiger partial charge in [0, 0.05) is 4.47 Å². The molecule has 0 aliphatic heterocycles. The van der Waals surface area contributed by atoms with Gasteiger partial charge in [-0.15, -0.1) is 0 Å². The first-order valence-corrected chi connectivity index (χ1v) is 6.26. The number of hydrogen-bond acceptors (Lipinski definition) is 3. The molecule has 2 N–H and O–H groups in total. The van der Waals surface area contributed by atoms with Crippen LogP contribution in [-0.2, 0) is 0 Å². The summed E-state index contributed by atoms with van der Waals surface area (Å²) < 4.78 is 13.4. The maximum atomic E-state index is 12.9. The van der Waals surface area contributed by atoms with Crippen molar-refractivity contribution in [2.24, 2.45) is 0 Å². The largest absolute Gasteiger partial charge is 0.478 e. The van der Waals surface area contributed by atoms with Crippen LogP contribution in [0.25, 0.3) is 0 Å². The van der Waals surface area contributed by atoms with E-state index >= 15 is 0 Å². The lowest BCUT2D eigenvalue weighted by molar-refractivity contribution is 0.0697. The van der Waals surface area contributed by atoms with Crippen LogP contribution in [0.1, 0.15) is 10.4 Å². The molecule has 19 heavy (non-hydrogen) atoms. The summed E-state index contributed by atoms with van der Waals surface area (Å²) in [5.41, 5.74) is 0.563. The smallest absolute Gasteiger partial charge is 0.335 e. The molecular weight excluding hydrogens is 338 g/mol. The van der Waals surface area contributed by atoms with Crippen LogP contribution in [0.3, 0.4) is 0 Å². The Balaban J connectivity index is 2.35. The van der Waals surface area contributed by atoms with Crippen LogP contribution >= 0.6 is 27.5 Å². The van der Waals surface area contributed by atoms with Gasteiger partial charge in [0.05, 0.1) is 11.3 Å². The highest BCUT2D eigenvalue weighted by Gasteiger charge is 2.09. The minimum atomic E-state index is -1.11. The van der Waals surface area contributed by atoms with E-state index in [4.69, 9.17) is 16.7 Å². The number of pyridine rings is 1. The minimum Gasteiger partial charge on any atom is -0.478 e. The quantitative estimate of drug-likeness (QED) is 0.823. The van der Waals surface area contributed by atoms with E-state index in [1.165, 1.54) is 30.3 Å². The molecule has 0 aliphatic rings. The van der Waals surface area contributed by atoms with E-state index in [0.717, 1.165) is 0 Å². The molecule has 4 nitrogen and oxygen atoms in total. The molecule has 1 aromatic heterocycles. The van der Waals surface area contributed by atoms with Gasteiger partial charge in [-0.3, -0.25) is 0 Å². The average molecular weight is 346 g/mol. The van der Waals surface area contributed by atoms with Gasteiger partial charge in [-0.05, 0) is 46.3 Å². The van der Waals surface area contributed by atoms with Crippen molar-refractivity contribution < 1.29 is 14.3 Å². The van der Waals surface area contributed by atoms with Gasteiger partial charge < -0.3 is 10.4 Å². The van der Waals surface area contributed by atoms with Gasteiger partial charge in [0.1, 0.15) is 16.8 Å². The molecule has 0 amide bonds. The lowest BCUT2D eigenvalue weighted by atomic mass is 10.2. The number of rotatable bonds is 3. The van der Waals surface area contributed by atoms with Crippen LogP contribution in [0.5, 0.6) is 0 Å². The molecule has 0 atom stereocenters. The summed E-state index contributed by atoms with van der Waals surface area (Å²) in [4.78, 5) is 14.8. The Kier molecular flexibility index (Phi) is 4.01. The Labute approximate surface area is 121 Å². The number of carbonyl (C=O) groups is 1. The molecule has 2 aromatic rings. The fourth-order valence-corrected chi connectivity index (χ4v) is 2.07. The first-order valence-electron chi connectivity index (χ1n) is 5.08. The third-order valence-electron chi connectivity index (χ3n) is 2.23. The number of carboxylic acid groups (broad SMARTS) is 1. The topological polar surface area (TPSA) is 62.2 Å². The van der Waals surface area contributed by atoms with Gasteiger partial charge in [-0.25, -0.2) is 14.2 Å². The maximum absolute atomic E-state index is 12.9. The molecule has 2 rings (SSSR count). The van der Waals surface area contributed by atoms with Gasteiger partial charge in [0.25, 0.3) is 0 Å². The second kappa shape index (κ2) is 5.54. The van der Waals surface area contributed by atoms with Crippen molar-refractivity contribution in [3.05, 3.63) is 51.3 Å². The monoisotopic (exact) mass is 344 g/mol. The van der Waals surface area contributed by atoms with Crippen LogP contribution in [0.4, 0.5) is 15.9 Å². The summed E-state index contributed by atoms with van der Waals surface area (Å²) in [7, 11) is 0. The summed E-state index contributed by atoms with van der Waals surface area (Å²) in [6.07, 6.45) is 0. The second-order valence-corrected chi connectivity index (χ2v) is 4.86. The van der Waals surface area contributed by atoms with Crippen LogP contribution in [-0.4, -0.2) is 16.1 Å². The van der Waals surface area contributed by atoms with Crippen molar-refractivity contribution in [3.8, 4) is 0 Å². The van der Waals surface area contributed by atoms with Gasteiger partial charge in [-0.1, -0.05) is 11.6 Å². The fourth-order valence-electron chi connectivity index (χ4n) is 1.41. The predicted octanol–water partition coefficient (Wildman–Crippen LogP) is 4.08. The van der Waals surface area contributed by atoms with Gasteiger partial charge in [0.2, 0.25) is 0 Å². The number of hydrogen-bond donors (Lipinski definition) is 2. The first kappa shape index (κ1) is 13.8. The van der Waals surface area contributed by atoms with Crippen molar-refractivity contribution >= 4 is 45.0 Å². The Morgan fingerprint density at radius 1 is 1.37 bits per heavy atom. The molecule has 0 unspecified atom stereocenters. The molecule has 1 aromatic carbocycles. The van der Waals surface area contributed by atoms with Crippen molar-refractivity contribution in [2.45, 2.75) is 0 Å². The highest BCUT2D eigenvalue weighted by atomic mass is 79.9. The van der Waals surface area contributed by atoms with Crippen molar-refractivity contribution in [1.82, 2.24) is 4.98 Å². The lowest BCUT2D eigenvalue weighted by Crippen LogP contribution is -2.01. The average Bonchev–Trinajstić information content (AvgIpc) is 2.32. The number of nitrogens with one attached hydrogen (secondary N) is 1. The summed E-state index contributed by atoms with van der Waals surface area (Å²) in [5.74, 6) is -1.23. The van der Waals surface area contributed by atoms with Gasteiger partial charge >= 0.3 is 5.97 Å². The van der Waals surface area contributed by atoms with E-state index in [2.05, 4.69) is 26.2 Å². The minimum absolute atomic E-state index is 0.0146. The van der Waals surface area contributed by atoms with Crippen LogP contribution < -0.4 is 5.32 Å². The molecular formula is C12H7BrClFN2O2. The zero-order valence-electron chi connectivity index (χ0n) is 9.32. The molecule has 0 radical (unpaired) electrons. The highest BCUT2D eigenvalue weighted by Crippen LogP contribution is 2.26. The molecule has 0 saturated heterocycles. The Morgan fingerprint density at radius 2 is 2.11 bits per heavy atom. The number of aromatic nitrogens is 1. The number of carboxylic acids is 1. The molecule has 7 heteroatoms. The number of nitrogens with zero attached hydrogens (tertiary/aromatic N) is 1. The van der Waals surface area contributed by atoms with Gasteiger partial charge in [0.15, 0.2) is 0 Å². The molecule has 0 aliphatic carbocycles. The normalized spacial score (nSPS) is 10.3. The Bertz CT molecular complexity index is 652. The van der Waals surface area contributed by atoms with E-state index < -0.39 is 5.97 Å². The molecule has 0 fully saturated rings. The molecule has 1 heterocycles. The summed E-state index contributed by atoms with van der Waals surface area (Å²) in [6.45, 7) is 0. The van der Waals surface area contributed by atoms with E-state index in [1.54, 1.807) is 0 Å².